The molecular formula is C9H6N4. The van der Waals surface area contributed by atoms with Crippen LogP contribution < -0.4 is 0 Å². The van der Waals surface area contributed by atoms with Crippen LogP contribution in [0.1, 0.15) is 0 Å². The molecular weight excluding hydrogens is 164 g/mol. The van der Waals surface area contributed by atoms with Gasteiger partial charge in [-0.3, -0.25) is 0 Å². The smallest absolute Gasteiger partial charge is 0.200 e. The summed E-state index contributed by atoms with van der Waals surface area (Å²) in [5.41, 5.74) is 2.79. The summed E-state index contributed by atoms with van der Waals surface area (Å²) >= 11 is 0. The Morgan fingerprint density at radius 3 is 3.08 bits per heavy atom. The highest BCUT2D eigenvalue weighted by atomic mass is 15.2. The lowest BCUT2D eigenvalue weighted by molar-refractivity contribution is 1.07. The fourth-order valence-electron chi connectivity index (χ4n) is 1.36. The number of hydrogen-bond acceptors (Lipinski definition) is 3. The zero-order valence-electron chi connectivity index (χ0n) is 6.73. The van der Waals surface area contributed by atoms with E-state index in [-0.39, 0.29) is 0 Å². The molecule has 4 nitrogen and oxygen atoms in total. The third-order valence-corrected chi connectivity index (χ3v) is 1.98. The second kappa shape index (κ2) is 2.26. The van der Waals surface area contributed by atoms with E-state index in [1.54, 1.807) is 6.20 Å². The molecule has 0 saturated heterocycles. The number of rotatable bonds is 0. The summed E-state index contributed by atoms with van der Waals surface area (Å²) in [5, 5.41) is 7.66. The van der Waals surface area contributed by atoms with Gasteiger partial charge in [-0.1, -0.05) is 12.1 Å². The molecule has 2 aliphatic heterocycles. The number of para-hydroxylation sites is 2. The molecule has 2 heterocycles. The van der Waals surface area contributed by atoms with Crippen molar-refractivity contribution in [1.82, 2.24) is 20.2 Å². The molecule has 1 aromatic carbocycles. The third-order valence-electron chi connectivity index (χ3n) is 1.98. The summed E-state index contributed by atoms with van der Waals surface area (Å²) in [5.74, 6) is 0.665. The van der Waals surface area contributed by atoms with E-state index in [9.17, 15) is 0 Å². The Labute approximate surface area is 74.0 Å². The predicted molar refractivity (Wildman–Crippen MR) is 48.3 cm³/mol. The van der Waals surface area contributed by atoms with Crippen LogP contribution in [0, 0.1) is 0 Å². The number of hydrogen-bond donors (Lipinski definition) is 1. The molecule has 0 aromatic heterocycles. The minimum absolute atomic E-state index is 0.665. The predicted octanol–water partition coefficient (Wildman–Crippen LogP) is 1.46. The lowest BCUT2D eigenvalue weighted by Gasteiger charge is -1.99. The molecule has 0 unspecified atom stereocenters. The van der Waals surface area contributed by atoms with E-state index in [2.05, 4.69) is 20.2 Å². The molecule has 0 atom stereocenters. The van der Waals surface area contributed by atoms with Gasteiger partial charge in [-0.25, -0.2) is 4.98 Å². The van der Waals surface area contributed by atoms with Crippen LogP contribution in [0.4, 0.5) is 0 Å². The van der Waals surface area contributed by atoms with Crippen LogP contribution in [0.25, 0.3) is 22.6 Å². The van der Waals surface area contributed by atoms with Gasteiger partial charge in [0, 0.05) is 0 Å². The van der Waals surface area contributed by atoms with Gasteiger partial charge in [0.2, 0.25) is 0 Å². The summed E-state index contributed by atoms with van der Waals surface area (Å²) in [4.78, 5) is 7.53. The van der Waals surface area contributed by atoms with Gasteiger partial charge in [-0.15, -0.1) is 5.10 Å². The first-order chi connectivity index (χ1) is 6.43. The molecule has 0 bridgehead atoms. The fraction of sp³-hybridized carbons (Fsp3) is 0. The van der Waals surface area contributed by atoms with Gasteiger partial charge >= 0.3 is 0 Å². The van der Waals surface area contributed by atoms with Crippen LogP contribution in [0.3, 0.4) is 0 Å². The molecule has 1 aromatic rings. The van der Waals surface area contributed by atoms with Crippen molar-refractivity contribution in [1.29, 1.82) is 0 Å². The van der Waals surface area contributed by atoms with Gasteiger partial charge in [0.25, 0.3) is 0 Å². The van der Waals surface area contributed by atoms with Crippen LogP contribution in [-0.4, -0.2) is 20.2 Å². The number of fused-ring (bicyclic) bond motifs is 2. The number of nitrogens with zero attached hydrogens (tertiary/aromatic N) is 3. The summed E-state index contributed by atoms with van der Waals surface area (Å²) in [6, 6.07) is 7.84. The molecule has 0 amide bonds. The van der Waals surface area contributed by atoms with Crippen molar-refractivity contribution in [2.24, 2.45) is 0 Å². The maximum absolute atomic E-state index is 4.33. The van der Waals surface area contributed by atoms with Gasteiger partial charge in [-0.05, 0) is 12.1 Å². The Kier molecular flexibility index (Phi) is 1.14. The lowest BCUT2D eigenvalue weighted by atomic mass is 10.3. The maximum atomic E-state index is 4.33. The largest absolute Gasteiger partial charge is 0.349 e. The summed E-state index contributed by atoms with van der Waals surface area (Å²) in [6.07, 6.45) is 1.68. The molecule has 0 spiro atoms. The standard InChI is InChI=1S/C9H6N4/c1-2-4-7-6(3-1)11-8-5-10-13-9(8)12-7/h1-5,11H. The first-order valence-electron chi connectivity index (χ1n) is 4.00. The van der Waals surface area contributed by atoms with Crippen molar-refractivity contribution < 1.29 is 0 Å². The zero-order chi connectivity index (χ0) is 8.67. The van der Waals surface area contributed by atoms with E-state index in [0.717, 1.165) is 16.7 Å². The summed E-state index contributed by atoms with van der Waals surface area (Å²) < 4.78 is 0. The number of aromatic amines is 1. The normalized spacial score (nSPS) is 11.1. The average molecular weight is 170 g/mol. The Morgan fingerprint density at radius 1 is 1.15 bits per heavy atom. The molecule has 0 radical (unpaired) electrons. The SMILES string of the molecule is c1ccc2[nH]c3cnnc-3nc2c1. The van der Waals surface area contributed by atoms with Crippen molar-refractivity contribution in [3.63, 3.8) is 0 Å². The van der Waals surface area contributed by atoms with Gasteiger partial charge in [-0.2, -0.15) is 5.10 Å². The van der Waals surface area contributed by atoms with Crippen LogP contribution >= 0.6 is 0 Å². The van der Waals surface area contributed by atoms with E-state index >= 15 is 0 Å². The van der Waals surface area contributed by atoms with Crippen LogP contribution in [0.5, 0.6) is 0 Å². The Hall–Kier alpha value is -1.97. The minimum atomic E-state index is 0.665. The molecule has 4 heteroatoms. The Bertz CT molecular complexity index is 482. The van der Waals surface area contributed by atoms with Gasteiger partial charge < -0.3 is 4.98 Å². The number of nitrogens with one attached hydrogen (secondary N) is 1. The first-order valence-corrected chi connectivity index (χ1v) is 4.00. The second-order valence-electron chi connectivity index (χ2n) is 2.84. The van der Waals surface area contributed by atoms with Gasteiger partial charge in [0.05, 0.1) is 17.2 Å². The first kappa shape index (κ1) is 6.54. The van der Waals surface area contributed by atoms with Crippen molar-refractivity contribution in [3.05, 3.63) is 30.5 Å². The molecule has 0 aliphatic carbocycles. The molecule has 62 valence electrons. The van der Waals surface area contributed by atoms with E-state index in [0.29, 0.717) is 5.82 Å². The molecule has 13 heavy (non-hydrogen) atoms. The van der Waals surface area contributed by atoms with E-state index in [4.69, 9.17) is 0 Å². The average Bonchev–Trinajstić information content (AvgIpc) is 2.61. The molecule has 3 rings (SSSR count). The van der Waals surface area contributed by atoms with Crippen molar-refractivity contribution >= 4 is 11.0 Å². The summed E-state index contributed by atoms with van der Waals surface area (Å²) in [6.45, 7) is 0. The highest BCUT2D eigenvalue weighted by Crippen LogP contribution is 2.17. The number of benzene rings is 1. The van der Waals surface area contributed by atoms with Crippen molar-refractivity contribution in [2.75, 3.05) is 0 Å². The maximum Gasteiger partial charge on any atom is 0.200 e. The zero-order valence-corrected chi connectivity index (χ0v) is 6.73. The van der Waals surface area contributed by atoms with E-state index < -0.39 is 0 Å². The van der Waals surface area contributed by atoms with Crippen LogP contribution in [-0.2, 0) is 0 Å². The third kappa shape index (κ3) is 0.885. The monoisotopic (exact) mass is 170 g/mol. The number of H-pyrrole nitrogens is 1. The Morgan fingerprint density at radius 2 is 2.08 bits per heavy atom. The minimum Gasteiger partial charge on any atom is -0.349 e. The molecule has 1 N–H and O–H groups in total. The van der Waals surface area contributed by atoms with E-state index in [1.165, 1.54) is 0 Å². The van der Waals surface area contributed by atoms with Crippen molar-refractivity contribution in [3.8, 4) is 11.5 Å². The topological polar surface area (TPSA) is 54.5 Å². The lowest BCUT2D eigenvalue weighted by Crippen LogP contribution is -1.89. The number of aromatic nitrogens is 4. The van der Waals surface area contributed by atoms with Gasteiger partial charge in [0.1, 0.15) is 5.69 Å². The fourth-order valence-corrected chi connectivity index (χ4v) is 1.36. The highest BCUT2D eigenvalue weighted by molar-refractivity contribution is 5.77. The highest BCUT2D eigenvalue weighted by Gasteiger charge is 2.07. The van der Waals surface area contributed by atoms with Crippen LogP contribution in [0.2, 0.25) is 0 Å². The molecule has 0 fully saturated rings. The quantitative estimate of drug-likeness (QED) is 0.555. The molecule has 0 saturated carbocycles. The van der Waals surface area contributed by atoms with Crippen LogP contribution in [0.15, 0.2) is 30.5 Å². The Balaban J connectivity index is 2.52. The van der Waals surface area contributed by atoms with Gasteiger partial charge in [0.15, 0.2) is 5.82 Å². The van der Waals surface area contributed by atoms with E-state index in [1.807, 2.05) is 24.3 Å². The second-order valence-corrected chi connectivity index (χ2v) is 2.84. The molecule has 2 aliphatic rings. The van der Waals surface area contributed by atoms with Crippen molar-refractivity contribution in [2.45, 2.75) is 0 Å². The summed E-state index contributed by atoms with van der Waals surface area (Å²) in [7, 11) is 0.